The van der Waals surface area contributed by atoms with Gasteiger partial charge >= 0.3 is 0 Å². The SMILES string of the molecule is COc1ccc(NC(=O)CC(C)=NNC(=O)Cc2ccc(Cl)cc2)c([N+](=O)[O-])c1. The first-order valence-electron chi connectivity index (χ1n) is 8.47. The van der Waals surface area contributed by atoms with Gasteiger partial charge in [0.2, 0.25) is 11.8 Å². The number of anilines is 1. The van der Waals surface area contributed by atoms with Gasteiger partial charge in [-0.25, -0.2) is 5.43 Å². The van der Waals surface area contributed by atoms with E-state index in [1.165, 1.54) is 25.3 Å². The van der Waals surface area contributed by atoms with Crippen LogP contribution in [0.4, 0.5) is 11.4 Å². The quantitative estimate of drug-likeness (QED) is 0.386. The molecule has 2 N–H and O–H groups in total. The van der Waals surface area contributed by atoms with Crippen molar-refractivity contribution in [3.63, 3.8) is 0 Å². The molecule has 152 valence electrons. The number of carbonyl (C=O) groups excluding carboxylic acids is 2. The first-order valence-corrected chi connectivity index (χ1v) is 8.85. The molecule has 0 unspecified atom stereocenters. The van der Waals surface area contributed by atoms with Gasteiger partial charge in [-0.2, -0.15) is 5.10 Å². The maximum Gasteiger partial charge on any atom is 0.296 e. The van der Waals surface area contributed by atoms with Gasteiger partial charge in [-0.3, -0.25) is 19.7 Å². The highest BCUT2D eigenvalue weighted by Crippen LogP contribution is 2.29. The first kappa shape index (κ1) is 21.8. The Hall–Kier alpha value is -3.46. The van der Waals surface area contributed by atoms with Crippen molar-refractivity contribution in [2.75, 3.05) is 12.4 Å². The molecule has 2 aromatic rings. The van der Waals surface area contributed by atoms with Crippen LogP contribution in [-0.4, -0.2) is 29.6 Å². The summed E-state index contributed by atoms with van der Waals surface area (Å²) >= 11 is 5.80. The van der Waals surface area contributed by atoms with E-state index in [-0.39, 0.29) is 30.1 Å². The molecule has 2 aromatic carbocycles. The summed E-state index contributed by atoms with van der Waals surface area (Å²) in [4.78, 5) is 34.6. The summed E-state index contributed by atoms with van der Waals surface area (Å²) < 4.78 is 4.95. The first-order chi connectivity index (χ1) is 13.8. The average molecular weight is 419 g/mol. The molecule has 0 spiro atoms. The molecule has 0 heterocycles. The number of rotatable bonds is 8. The summed E-state index contributed by atoms with van der Waals surface area (Å²) in [5.74, 6) is -0.555. The molecule has 2 amide bonds. The number of hydrogen-bond donors (Lipinski definition) is 2. The number of amides is 2. The van der Waals surface area contributed by atoms with Crippen LogP contribution in [0, 0.1) is 10.1 Å². The molecule has 9 nitrogen and oxygen atoms in total. The monoisotopic (exact) mass is 418 g/mol. The van der Waals surface area contributed by atoms with E-state index in [2.05, 4.69) is 15.8 Å². The highest BCUT2D eigenvalue weighted by atomic mass is 35.5. The van der Waals surface area contributed by atoms with Crippen LogP contribution in [0.2, 0.25) is 5.02 Å². The standard InChI is InChI=1S/C19H19ClN4O5/c1-12(22-23-19(26)10-13-3-5-14(20)6-4-13)9-18(25)21-16-8-7-15(29-2)11-17(16)24(27)28/h3-8,11H,9-10H2,1-2H3,(H,21,25)(H,23,26). The Labute approximate surface area is 171 Å². The minimum Gasteiger partial charge on any atom is -0.496 e. The summed E-state index contributed by atoms with van der Waals surface area (Å²) in [6.07, 6.45) is -0.0391. The third-order valence-corrected chi connectivity index (χ3v) is 3.99. The Morgan fingerprint density at radius 2 is 1.86 bits per heavy atom. The van der Waals surface area contributed by atoms with Crippen molar-refractivity contribution in [3.8, 4) is 5.75 Å². The smallest absolute Gasteiger partial charge is 0.296 e. The lowest BCUT2D eigenvalue weighted by Crippen LogP contribution is -2.23. The molecule has 0 saturated carbocycles. The number of nitrogens with one attached hydrogen (secondary N) is 2. The number of methoxy groups -OCH3 is 1. The molecule has 0 atom stereocenters. The maximum atomic E-state index is 12.1. The van der Waals surface area contributed by atoms with Gasteiger partial charge in [0.15, 0.2) is 0 Å². The summed E-state index contributed by atoms with van der Waals surface area (Å²) in [7, 11) is 1.39. The molecule has 0 radical (unpaired) electrons. The molecule has 0 aromatic heterocycles. The van der Waals surface area contributed by atoms with Crippen LogP contribution in [0.25, 0.3) is 0 Å². The van der Waals surface area contributed by atoms with Crippen molar-refractivity contribution in [3.05, 3.63) is 63.2 Å². The molecule has 0 aliphatic heterocycles. The van der Waals surface area contributed by atoms with E-state index in [1.54, 1.807) is 31.2 Å². The fourth-order valence-corrected chi connectivity index (χ4v) is 2.47. The van der Waals surface area contributed by atoms with Crippen LogP contribution >= 0.6 is 11.6 Å². The Morgan fingerprint density at radius 3 is 2.48 bits per heavy atom. The zero-order valence-corrected chi connectivity index (χ0v) is 16.5. The van der Waals surface area contributed by atoms with E-state index in [0.29, 0.717) is 16.5 Å². The number of halogens is 1. The van der Waals surface area contributed by atoms with Gasteiger partial charge in [0.1, 0.15) is 11.4 Å². The number of nitrogens with zero attached hydrogens (tertiary/aromatic N) is 2. The number of hydrogen-bond acceptors (Lipinski definition) is 6. The summed E-state index contributed by atoms with van der Waals surface area (Å²) in [6, 6.07) is 10.9. The second-order valence-corrected chi connectivity index (χ2v) is 6.49. The van der Waals surface area contributed by atoms with Crippen LogP contribution in [0.5, 0.6) is 5.75 Å². The molecule has 29 heavy (non-hydrogen) atoms. The minimum atomic E-state index is -0.615. The third-order valence-electron chi connectivity index (χ3n) is 3.74. The predicted molar refractivity (Wildman–Crippen MR) is 109 cm³/mol. The van der Waals surface area contributed by atoms with E-state index in [0.717, 1.165) is 5.56 Å². The van der Waals surface area contributed by atoms with Crippen molar-refractivity contribution in [1.82, 2.24) is 5.43 Å². The van der Waals surface area contributed by atoms with E-state index >= 15 is 0 Å². The van der Waals surface area contributed by atoms with Crippen LogP contribution in [-0.2, 0) is 16.0 Å². The molecule has 0 aliphatic carbocycles. The van der Waals surface area contributed by atoms with Gasteiger partial charge in [0.25, 0.3) is 5.69 Å². The largest absolute Gasteiger partial charge is 0.496 e. The highest BCUT2D eigenvalue weighted by Gasteiger charge is 2.17. The molecule has 2 rings (SSSR count). The number of benzene rings is 2. The number of ether oxygens (including phenoxy) is 1. The Morgan fingerprint density at radius 1 is 1.17 bits per heavy atom. The third kappa shape index (κ3) is 6.89. The lowest BCUT2D eigenvalue weighted by molar-refractivity contribution is -0.384. The van der Waals surface area contributed by atoms with Gasteiger partial charge in [-0.05, 0) is 36.8 Å². The van der Waals surface area contributed by atoms with Crippen molar-refractivity contribution >= 4 is 40.5 Å². The Balaban J connectivity index is 1.92. The Bertz CT molecular complexity index is 944. The lowest BCUT2D eigenvalue weighted by Gasteiger charge is -2.08. The maximum absolute atomic E-state index is 12.1. The molecule has 0 aliphatic rings. The van der Waals surface area contributed by atoms with Gasteiger partial charge < -0.3 is 10.1 Å². The van der Waals surface area contributed by atoms with Crippen molar-refractivity contribution < 1.29 is 19.2 Å². The molecular weight excluding hydrogens is 400 g/mol. The summed E-state index contributed by atoms with van der Waals surface area (Å²) in [6.45, 7) is 1.56. The van der Waals surface area contributed by atoms with Crippen molar-refractivity contribution in [1.29, 1.82) is 0 Å². The lowest BCUT2D eigenvalue weighted by atomic mass is 10.1. The van der Waals surface area contributed by atoms with Crippen molar-refractivity contribution in [2.45, 2.75) is 19.8 Å². The number of hydrazone groups is 1. The van der Waals surface area contributed by atoms with Crippen LogP contribution < -0.4 is 15.5 Å². The molecular formula is C19H19ClN4O5. The number of carbonyl (C=O) groups is 2. The molecule has 0 fully saturated rings. The molecule has 0 bridgehead atoms. The van der Waals surface area contributed by atoms with Crippen LogP contribution in [0.15, 0.2) is 47.6 Å². The summed E-state index contributed by atoms with van der Waals surface area (Å²) in [5, 5.41) is 18.1. The van der Waals surface area contributed by atoms with E-state index in [9.17, 15) is 19.7 Å². The fraction of sp³-hybridized carbons (Fsp3) is 0.211. The second-order valence-electron chi connectivity index (χ2n) is 6.05. The van der Waals surface area contributed by atoms with Gasteiger partial charge in [0.05, 0.1) is 30.9 Å². The average Bonchev–Trinajstić information content (AvgIpc) is 2.68. The van der Waals surface area contributed by atoms with E-state index < -0.39 is 10.8 Å². The Kier molecular flexibility index (Phi) is 7.67. The molecule has 0 saturated heterocycles. The molecule has 10 heteroatoms. The topological polar surface area (TPSA) is 123 Å². The fourth-order valence-electron chi connectivity index (χ4n) is 2.35. The van der Waals surface area contributed by atoms with Crippen LogP contribution in [0.3, 0.4) is 0 Å². The van der Waals surface area contributed by atoms with Gasteiger partial charge in [-0.1, -0.05) is 23.7 Å². The van der Waals surface area contributed by atoms with Crippen LogP contribution in [0.1, 0.15) is 18.9 Å². The second kappa shape index (κ2) is 10.2. The van der Waals surface area contributed by atoms with E-state index in [1.807, 2.05) is 0 Å². The zero-order valence-electron chi connectivity index (χ0n) is 15.8. The van der Waals surface area contributed by atoms with E-state index in [4.69, 9.17) is 16.3 Å². The van der Waals surface area contributed by atoms with Gasteiger partial charge in [-0.15, -0.1) is 0 Å². The predicted octanol–water partition coefficient (Wildman–Crippen LogP) is 3.32. The normalized spacial score (nSPS) is 10.9. The number of nitro benzene ring substituents is 1. The number of nitro groups is 1. The van der Waals surface area contributed by atoms with Crippen molar-refractivity contribution in [2.24, 2.45) is 5.10 Å². The highest BCUT2D eigenvalue weighted by molar-refractivity contribution is 6.30. The summed E-state index contributed by atoms with van der Waals surface area (Å²) in [5.41, 5.74) is 3.23. The van der Waals surface area contributed by atoms with Gasteiger partial charge in [0, 0.05) is 10.7 Å². The zero-order chi connectivity index (χ0) is 21.4. The minimum absolute atomic E-state index is 0.0420.